The monoisotopic (exact) mass is 334 g/mol. The number of sulfone groups is 1. The summed E-state index contributed by atoms with van der Waals surface area (Å²) in [5, 5.41) is 2.98. The molecule has 1 N–H and O–H groups in total. The first kappa shape index (κ1) is 16.0. The van der Waals surface area contributed by atoms with Crippen LogP contribution in [-0.2, 0) is 16.3 Å². The average molecular weight is 335 g/mol. The maximum atomic E-state index is 13.5. The molecule has 0 unspecified atom stereocenters. The van der Waals surface area contributed by atoms with E-state index in [9.17, 15) is 17.6 Å². The highest BCUT2D eigenvalue weighted by Crippen LogP contribution is 2.19. The molecule has 5 nitrogen and oxygen atoms in total. The van der Waals surface area contributed by atoms with Gasteiger partial charge in [0, 0.05) is 30.2 Å². The number of benzene rings is 1. The van der Waals surface area contributed by atoms with Crippen LogP contribution in [0.15, 0.2) is 18.2 Å². The van der Waals surface area contributed by atoms with E-state index >= 15 is 0 Å². The van der Waals surface area contributed by atoms with Crippen LogP contribution in [0.25, 0.3) is 0 Å². The minimum absolute atomic E-state index is 0.0143. The largest absolute Gasteiger partial charge is 0.338 e. The summed E-state index contributed by atoms with van der Waals surface area (Å²) in [5.41, 5.74) is 0.362. The second kappa shape index (κ2) is 6.62. The number of nitrogens with one attached hydrogen (secondary N) is 1. The van der Waals surface area contributed by atoms with Gasteiger partial charge in [0.15, 0.2) is 9.84 Å². The fraction of sp³-hybridized carbons (Fsp3) is 0.462. The van der Waals surface area contributed by atoms with Gasteiger partial charge in [-0.05, 0) is 18.6 Å². The maximum Gasteiger partial charge on any atom is 0.317 e. The molecule has 1 aliphatic heterocycles. The van der Waals surface area contributed by atoms with Gasteiger partial charge in [-0.1, -0.05) is 17.7 Å². The Morgan fingerprint density at radius 1 is 1.33 bits per heavy atom. The highest BCUT2D eigenvalue weighted by atomic mass is 35.5. The summed E-state index contributed by atoms with van der Waals surface area (Å²) in [6, 6.07) is 4.10. The van der Waals surface area contributed by atoms with Gasteiger partial charge in [0.25, 0.3) is 0 Å². The number of carbonyl (C=O) groups is 1. The third-order valence-corrected chi connectivity index (χ3v) is 5.31. The molecule has 116 valence electrons. The van der Waals surface area contributed by atoms with E-state index in [1.54, 1.807) is 6.07 Å². The van der Waals surface area contributed by atoms with E-state index in [2.05, 4.69) is 5.32 Å². The molecule has 0 aliphatic carbocycles. The first-order chi connectivity index (χ1) is 9.89. The molecule has 0 atom stereocenters. The number of halogens is 2. The van der Waals surface area contributed by atoms with Gasteiger partial charge in [-0.2, -0.15) is 0 Å². The Kier molecular flexibility index (Phi) is 5.05. The summed E-state index contributed by atoms with van der Waals surface area (Å²) in [4.78, 5) is 13.3. The van der Waals surface area contributed by atoms with Crippen molar-refractivity contribution in [1.29, 1.82) is 0 Å². The number of rotatable bonds is 3. The predicted molar refractivity (Wildman–Crippen MR) is 78.7 cm³/mol. The first-order valence-corrected chi connectivity index (χ1v) is 8.75. The van der Waals surface area contributed by atoms with Crippen molar-refractivity contribution in [2.45, 2.75) is 6.42 Å². The van der Waals surface area contributed by atoms with E-state index in [0.29, 0.717) is 10.6 Å². The number of urea groups is 1. The van der Waals surface area contributed by atoms with Crippen molar-refractivity contribution < 1.29 is 17.6 Å². The van der Waals surface area contributed by atoms with E-state index in [-0.39, 0.29) is 43.6 Å². The molecule has 21 heavy (non-hydrogen) atoms. The van der Waals surface area contributed by atoms with Crippen LogP contribution in [0.3, 0.4) is 0 Å². The van der Waals surface area contributed by atoms with Gasteiger partial charge >= 0.3 is 6.03 Å². The molecule has 8 heteroatoms. The Morgan fingerprint density at radius 3 is 2.62 bits per heavy atom. The van der Waals surface area contributed by atoms with Crippen LogP contribution in [0, 0.1) is 5.82 Å². The normalized spacial score (nSPS) is 17.5. The molecule has 2 rings (SSSR count). The van der Waals surface area contributed by atoms with Crippen LogP contribution < -0.4 is 5.32 Å². The lowest BCUT2D eigenvalue weighted by Crippen LogP contribution is -2.48. The minimum atomic E-state index is -3.01. The third kappa shape index (κ3) is 4.31. The Labute approximate surface area is 128 Å². The molecule has 0 bridgehead atoms. The lowest BCUT2D eigenvalue weighted by molar-refractivity contribution is 0.202. The van der Waals surface area contributed by atoms with Gasteiger partial charge in [-0.15, -0.1) is 0 Å². The summed E-state index contributed by atoms with van der Waals surface area (Å²) >= 11 is 5.90. The van der Waals surface area contributed by atoms with Gasteiger partial charge in [-0.3, -0.25) is 0 Å². The number of carbonyl (C=O) groups excluding carboxylic acids is 1. The van der Waals surface area contributed by atoms with Crippen LogP contribution in [-0.4, -0.2) is 50.5 Å². The Hall–Kier alpha value is -1.34. The number of hydrogen-bond donors (Lipinski definition) is 1. The van der Waals surface area contributed by atoms with Gasteiger partial charge in [0.2, 0.25) is 0 Å². The molecule has 1 fully saturated rings. The molecule has 0 aromatic heterocycles. The maximum absolute atomic E-state index is 13.5. The number of nitrogens with zero attached hydrogens (tertiary/aromatic N) is 1. The van der Waals surface area contributed by atoms with Crippen molar-refractivity contribution in [3.8, 4) is 0 Å². The van der Waals surface area contributed by atoms with Crippen LogP contribution in [0.5, 0.6) is 0 Å². The Bertz CT molecular complexity index is 602. The molecule has 0 radical (unpaired) electrons. The van der Waals surface area contributed by atoms with E-state index < -0.39 is 15.7 Å². The topological polar surface area (TPSA) is 66.5 Å². The average Bonchev–Trinajstić information content (AvgIpc) is 2.42. The molecule has 0 spiro atoms. The summed E-state index contributed by atoms with van der Waals surface area (Å²) in [6.07, 6.45) is 0.281. The van der Waals surface area contributed by atoms with Crippen molar-refractivity contribution in [3.63, 3.8) is 0 Å². The fourth-order valence-electron chi connectivity index (χ4n) is 2.09. The van der Waals surface area contributed by atoms with E-state index in [4.69, 9.17) is 11.6 Å². The first-order valence-electron chi connectivity index (χ1n) is 6.55. The second-order valence-corrected chi connectivity index (χ2v) is 7.53. The van der Waals surface area contributed by atoms with Crippen molar-refractivity contribution >= 4 is 27.5 Å². The molecule has 0 saturated carbocycles. The Balaban J connectivity index is 1.82. The molecule has 2 amide bonds. The van der Waals surface area contributed by atoms with Crippen molar-refractivity contribution in [1.82, 2.24) is 10.2 Å². The van der Waals surface area contributed by atoms with Gasteiger partial charge in [-0.25, -0.2) is 17.6 Å². The fourth-order valence-corrected chi connectivity index (χ4v) is 3.55. The zero-order chi connectivity index (χ0) is 15.5. The standard InChI is InChI=1S/C13H16ClFN2O3S/c14-11-2-1-3-12(15)10(11)4-5-16-13(18)17-6-8-21(19,20)9-7-17/h1-3H,4-9H2,(H,16,18). The van der Waals surface area contributed by atoms with E-state index in [1.165, 1.54) is 17.0 Å². The van der Waals surface area contributed by atoms with E-state index in [1.807, 2.05) is 0 Å². The van der Waals surface area contributed by atoms with Crippen molar-refractivity contribution in [2.24, 2.45) is 0 Å². The summed E-state index contributed by atoms with van der Waals surface area (Å²) < 4.78 is 36.1. The lowest BCUT2D eigenvalue weighted by atomic mass is 10.1. The Morgan fingerprint density at radius 2 is 2.00 bits per heavy atom. The number of amides is 2. The highest BCUT2D eigenvalue weighted by molar-refractivity contribution is 7.91. The van der Waals surface area contributed by atoms with E-state index in [0.717, 1.165) is 0 Å². The van der Waals surface area contributed by atoms with Gasteiger partial charge < -0.3 is 10.2 Å². The molecular formula is C13H16ClFN2O3S. The highest BCUT2D eigenvalue weighted by Gasteiger charge is 2.24. The van der Waals surface area contributed by atoms with Crippen LogP contribution in [0.4, 0.5) is 9.18 Å². The second-order valence-electron chi connectivity index (χ2n) is 4.82. The zero-order valence-corrected chi connectivity index (χ0v) is 12.9. The van der Waals surface area contributed by atoms with Gasteiger partial charge in [0.05, 0.1) is 11.5 Å². The smallest absolute Gasteiger partial charge is 0.317 e. The zero-order valence-electron chi connectivity index (χ0n) is 11.3. The molecule has 1 heterocycles. The summed E-state index contributed by atoms with van der Waals surface area (Å²) in [7, 11) is -3.01. The summed E-state index contributed by atoms with van der Waals surface area (Å²) in [5.74, 6) is -0.431. The van der Waals surface area contributed by atoms with Crippen LogP contribution >= 0.6 is 11.6 Å². The molecule has 1 saturated heterocycles. The van der Waals surface area contributed by atoms with Crippen LogP contribution in [0.1, 0.15) is 5.56 Å². The molecular weight excluding hydrogens is 319 g/mol. The molecule has 1 aliphatic rings. The predicted octanol–water partition coefficient (Wildman–Crippen LogP) is 1.46. The quantitative estimate of drug-likeness (QED) is 0.910. The molecule has 1 aromatic rings. The lowest BCUT2D eigenvalue weighted by Gasteiger charge is -2.26. The SMILES string of the molecule is O=C(NCCc1c(F)cccc1Cl)N1CCS(=O)(=O)CC1. The third-order valence-electron chi connectivity index (χ3n) is 3.34. The minimum Gasteiger partial charge on any atom is -0.338 e. The number of hydrogen-bond acceptors (Lipinski definition) is 3. The summed E-state index contributed by atoms with van der Waals surface area (Å²) in [6.45, 7) is 0.617. The van der Waals surface area contributed by atoms with Crippen molar-refractivity contribution in [3.05, 3.63) is 34.6 Å². The van der Waals surface area contributed by atoms with Crippen LogP contribution in [0.2, 0.25) is 5.02 Å². The van der Waals surface area contributed by atoms with Gasteiger partial charge in [0.1, 0.15) is 5.82 Å². The van der Waals surface area contributed by atoms with Crippen molar-refractivity contribution in [2.75, 3.05) is 31.1 Å². The molecule has 1 aromatic carbocycles.